The zero-order valence-electron chi connectivity index (χ0n) is 7.98. The van der Waals surface area contributed by atoms with E-state index in [1.807, 2.05) is 0 Å². The average molecular weight is 263 g/mol. The summed E-state index contributed by atoms with van der Waals surface area (Å²) in [6.07, 6.45) is -2.21. The van der Waals surface area contributed by atoms with Gasteiger partial charge < -0.3 is 10.2 Å². The Morgan fingerprint density at radius 2 is 1.88 bits per heavy atom. The van der Waals surface area contributed by atoms with Crippen LogP contribution in [0.5, 0.6) is 0 Å². The van der Waals surface area contributed by atoms with Crippen LogP contribution >= 0.6 is 23.2 Å². The molecule has 0 aliphatic carbocycles. The first kappa shape index (κ1) is 13.0. The number of carboxylic acid groups (broad SMARTS) is 1. The van der Waals surface area contributed by atoms with Crippen LogP contribution in [0.25, 0.3) is 0 Å². The third-order valence-corrected chi connectivity index (χ3v) is 2.61. The average Bonchev–Trinajstić information content (AvgIpc) is 2.20. The highest BCUT2D eigenvalue weighted by Gasteiger charge is 2.20. The number of hydrogen-bond donors (Lipinski definition) is 2. The molecule has 0 aliphatic heterocycles. The van der Waals surface area contributed by atoms with Gasteiger partial charge >= 0.3 is 5.97 Å². The van der Waals surface area contributed by atoms with Crippen molar-refractivity contribution in [2.45, 2.75) is 12.5 Å². The van der Waals surface area contributed by atoms with Crippen molar-refractivity contribution < 1.29 is 19.8 Å². The number of carboxylic acids is 1. The van der Waals surface area contributed by atoms with E-state index in [-0.39, 0.29) is 15.6 Å². The van der Waals surface area contributed by atoms with Crippen LogP contribution < -0.4 is 0 Å². The second-order valence-corrected chi connectivity index (χ2v) is 3.92. The molecule has 0 spiro atoms. The number of rotatable bonds is 4. The van der Waals surface area contributed by atoms with E-state index >= 15 is 0 Å². The Morgan fingerprint density at radius 3 is 2.38 bits per heavy atom. The lowest BCUT2D eigenvalue weighted by molar-refractivity contribution is -0.138. The molecule has 4 nitrogen and oxygen atoms in total. The zero-order chi connectivity index (χ0) is 12.3. The number of Topliss-reactive ketones (excluding diaryl/α,β-unsaturated/α-hetero) is 1. The van der Waals surface area contributed by atoms with Crippen molar-refractivity contribution in [3.8, 4) is 0 Å². The molecular weight excluding hydrogens is 255 g/mol. The Bertz CT molecular complexity index is 431. The summed E-state index contributed by atoms with van der Waals surface area (Å²) in [4.78, 5) is 21.8. The number of aliphatic carboxylic acids is 1. The second kappa shape index (κ2) is 5.30. The number of aliphatic hydroxyl groups is 1. The van der Waals surface area contributed by atoms with Crippen molar-refractivity contribution in [3.63, 3.8) is 0 Å². The molecular formula is C10H8Cl2O4. The van der Waals surface area contributed by atoms with Crippen LogP contribution in [-0.2, 0) is 4.79 Å². The standard InChI is InChI=1S/C10H8Cl2O4/c11-6-2-1-5(3-7(6)12)10(16)8(13)4-9(14)15/h1-3,8,13H,4H2,(H,14,15). The minimum Gasteiger partial charge on any atom is -0.481 e. The second-order valence-electron chi connectivity index (χ2n) is 3.11. The summed E-state index contributed by atoms with van der Waals surface area (Å²) in [7, 11) is 0. The highest BCUT2D eigenvalue weighted by atomic mass is 35.5. The van der Waals surface area contributed by atoms with Crippen molar-refractivity contribution in [2.75, 3.05) is 0 Å². The number of benzene rings is 1. The summed E-state index contributed by atoms with van der Waals surface area (Å²) in [6, 6.07) is 4.07. The maximum Gasteiger partial charge on any atom is 0.306 e. The number of ketones is 1. The predicted molar refractivity (Wildman–Crippen MR) is 59.1 cm³/mol. The van der Waals surface area contributed by atoms with Crippen molar-refractivity contribution in [1.82, 2.24) is 0 Å². The SMILES string of the molecule is O=C(O)CC(O)C(=O)c1ccc(Cl)c(Cl)c1. The van der Waals surface area contributed by atoms with Gasteiger partial charge in [-0.2, -0.15) is 0 Å². The fraction of sp³-hybridized carbons (Fsp3) is 0.200. The van der Waals surface area contributed by atoms with E-state index in [0.717, 1.165) is 0 Å². The largest absolute Gasteiger partial charge is 0.481 e. The molecule has 1 aromatic rings. The van der Waals surface area contributed by atoms with Crippen molar-refractivity contribution >= 4 is 35.0 Å². The summed E-state index contributed by atoms with van der Waals surface area (Å²) >= 11 is 11.3. The van der Waals surface area contributed by atoms with Crippen molar-refractivity contribution in [1.29, 1.82) is 0 Å². The van der Waals surface area contributed by atoms with Crippen LogP contribution in [0.15, 0.2) is 18.2 Å². The molecule has 1 unspecified atom stereocenters. The van der Waals surface area contributed by atoms with Crippen LogP contribution in [0, 0.1) is 0 Å². The van der Waals surface area contributed by atoms with Gasteiger partial charge in [-0.25, -0.2) is 0 Å². The number of halogens is 2. The van der Waals surface area contributed by atoms with Crippen molar-refractivity contribution in [2.24, 2.45) is 0 Å². The summed E-state index contributed by atoms with van der Waals surface area (Å²) in [6.45, 7) is 0. The van der Waals surface area contributed by atoms with Gasteiger partial charge in [-0.05, 0) is 18.2 Å². The lowest BCUT2D eigenvalue weighted by Gasteiger charge is -2.07. The van der Waals surface area contributed by atoms with E-state index in [0.29, 0.717) is 0 Å². The first-order chi connectivity index (χ1) is 7.41. The number of aliphatic hydroxyl groups excluding tert-OH is 1. The molecule has 2 N–H and O–H groups in total. The summed E-state index contributed by atoms with van der Waals surface area (Å²) in [5.41, 5.74) is 0.128. The Morgan fingerprint density at radius 1 is 1.25 bits per heavy atom. The number of hydrogen-bond acceptors (Lipinski definition) is 3. The fourth-order valence-corrected chi connectivity index (χ4v) is 1.40. The molecule has 0 bridgehead atoms. The fourth-order valence-electron chi connectivity index (χ4n) is 1.10. The van der Waals surface area contributed by atoms with E-state index in [2.05, 4.69) is 0 Å². The summed E-state index contributed by atoms with van der Waals surface area (Å²) in [5, 5.41) is 18.2. The van der Waals surface area contributed by atoms with Gasteiger partial charge in [0.25, 0.3) is 0 Å². The van der Waals surface area contributed by atoms with Crippen LogP contribution in [-0.4, -0.2) is 28.1 Å². The zero-order valence-corrected chi connectivity index (χ0v) is 9.50. The first-order valence-electron chi connectivity index (χ1n) is 4.31. The Kier molecular flexibility index (Phi) is 4.29. The van der Waals surface area contributed by atoms with Crippen molar-refractivity contribution in [3.05, 3.63) is 33.8 Å². The van der Waals surface area contributed by atoms with E-state index in [1.54, 1.807) is 0 Å². The molecule has 0 saturated heterocycles. The van der Waals surface area contributed by atoms with E-state index < -0.39 is 24.3 Å². The molecule has 0 fully saturated rings. The molecule has 0 aromatic heterocycles. The Balaban J connectivity index is 2.88. The van der Waals surface area contributed by atoms with Gasteiger partial charge in [-0.1, -0.05) is 23.2 Å². The van der Waals surface area contributed by atoms with Crippen LogP contribution in [0.3, 0.4) is 0 Å². The highest BCUT2D eigenvalue weighted by molar-refractivity contribution is 6.42. The van der Waals surface area contributed by atoms with E-state index in [9.17, 15) is 14.7 Å². The summed E-state index contributed by atoms with van der Waals surface area (Å²) in [5.74, 6) is -1.94. The quantitative estimate of drug-likeness (QED) is 0.815. The van der Waals surface area contributed by atoms with Crippen LogP contribution in [0.1, 0.15) is 16.8 Å². The lowest BCUT2D eigenvalue weighted by Crippen LogP contribution is -2.23. The molecule has 16 heavy (non-hydrogen) atoms. The predicted octanol–water partition coefficient (Wildman–Crippen LogP) is 2.01. The molecule has 0 heterocycles. The maximum absolute atomic E-state index is 11.5. The molecule has 1 aromatic carbocycles. The number of carbonyl (C=O) groups excluding carboxylic acids is 1. The third-order valence-electron chi connectivity index (χ3n) is 1.87. The van der Waals surface area contributed by atoms with Gasteiger partial charge in [0.05, 0.1) is 16.5 Å². The van der Waals surface area contributed by atoms with Gasteiger partial charge in [0.15, 0.2) is 5.78 Å². The molecule has 6 heteroatoms. The van der Waals surface area contributed by atoms with Crippen LogP contribution in [0.4, 0.5) is 0 Å². The van der Waals surface area contributed by atoms with Gasteiger partial charge in [0.2, 0.25) is 0 Å². The van der Waals surface area contributed by atoms with Crippen LogP contribution in [0.2, 0.25) is 10.0 Å². The lowest BCUT2D eigenvalue weighted by atomic mass is 10.0. The van der Waals surface area contributed by atoms with Gasteiger partial charge in [0, 0.05) is 5.56 Å². The van der Waals surface area contributed by atoms with Gasteiger partial charge in [-0.15, -0.1) is 0 Å². The first-order valence-corrected chi connectivity index (χ1v) is 5.06. The maximum atomic E-state index is 11.5. The molecule has 0 aliphatic rings. The molecule has 0 saturated carbocycles. The normalized spacial score (nSPS) is 12.2. The smallest absolute Gasteiger partial charge is 0.306 e. The monoisotopic (exact) mass is 262 g/mol. The molecule has 0 amide bonds. The highest BCUT2D eigenvalue weighted by Crippen LogP contribution is 2.23. The van der Waals surface area contributed by atoms with E-state index in [4.69, 9.17) is 28.3 Å². The Hall–Kier alpha value is -1.10. The molecule has 1 atom stereocenters. The van der Waals surface area contributed by atoms with Gasteiger partial charge in [-0.3, -0.25) is 9.59 Å². The minimum atomic E-state index is -1.57. The molecule has 86 valence electrons. The third kappa shape index (κ3) is 3.20. The molecule has 0 radical (unpaired) electrons. The van der Waals surface area contributed by atoms with Gasteiger partial charge in [0.1, 0.15) is 6.10 Å². The topological polar surface area (TPSA) is 74.6 Å². The van der Waals surface area contributed by atoms with E-state index in [1.165, 1.54) is 18.2 Å². The minimum absolute atomic E-state index is 0.128. The number of carbonyl (C=O) groups is 2. The summed E-state index contributed by atoms with van der Waals surface area (Å²) < 4.78 is 0. The Labute approximate surface area is 101 Å². The molecule has 1 rings (SSSR count).